The molecule has 0 aromatic heterocycles. The maximum absolute atomic E-state index is 12.8. The molecule has 1 aromatic carbocycles. The van der Waals surface area contributed by atoms with E-state index in [-0.39, 0.29) is 18.0 Å². The minimum atomic E-state index is -4.52. The van der Waals surface area contributed by atoms with Crippen LogP contribution in [0.15, 0.2) is 18.2 Å². The van der Waals surface area contributed by atoms with Gasteiger partial charge in [-0.25, -0.2) is 0 Å². The van der Waals surface area contributed by atoms with Crippen molar-refractivity contribution in [1.82, 2.24) is 0 Å². The van der Waals surface area contributed by atoms with E-state index in [1.165, 1.54) is 13.2 Å². The van der Waals surface area contributed by atoms with Crippen molar-refractivity contribution in [2.75, 3.05) is 25.6 Å². The number of rotatable bonds is 7. The topological polar surface area (TPSA) is 73.6 Å². The maximum Gasteiger partial charge on any atom is 0.416 e. The largest absolute Gasteiger partial charge is 0.491 e. The van der Waals surface area contributed by atoms with E-state index in [9.17, 15) is 18.0 Å². The molecule has 1 amide bonds. The van der Waals surface area contributed by atoms with Gasteiger partial charge in [-0.1, -0.05) is 6.92 Å². The molecular weight excluding hydrogens is 301 g/mol. The summed E-state index contributed by atoms with van der Waals surface area (Å²) in [6.45, 7) is 2.13. The normalized spacial score (nSPS) is 12.8. The van der Waals surface area contributed by atoms with Crippen molar-refractivity contribution in [3.05, 3.63) is 23.8 Å². The fraction of sp³-hybridized carbons (Fsp3) is 0.500. The van der Waals surface area contributed by atoms with Crippen LogP contribution in [0.1, 0.15) is 18.9 Å². The van der Waals surface area contributed by atoms with Gasteiger partial charge < -0.3 is 20.5 Å². The third-order valence-electron chi connectivity index (χ3n) is 2.71. The zero-order chi connectivity index (χ0) is 16.8. The first-order chi connectivity index (χ1) is 10.3. The number of anilines is 1. The van der Waals surface area contributed by atoms with Gasteiger partial charge in [-0.2, -0.15) is 13.2 Å². The molecule has 1 unspecified atom stereocenters. The smallest absolute Gasteiger partial charge is 0.416 e. The molecule has 0 saturated heterocycles. The van der Waals surface area contributed by atoms with E-state index in [4.69, 9.17) is 15.2 Å². The van der Waals surface area contributed by atoms with Gasteiger partial charge in [0.25, 0.3) is 0 Å². The van der Waals surface area contributed by atoms with Crippen LogP contribution in [0.3, 0.4) is 0 Å². The number of hydrogen-bond donors (Lipinski definition) is 2. The lowest BCUT2D eigenvalue weighted by atomic mass is 10.1. The van der Waals surface area contributed by atoms with Crippen LogP contribution in [0.4, 0.5) is 18.9 Å². The quantitative estimate of drug-likeness (QED) is 0.809. The number of hydrogen-bond acceptors (Lipinski definition) is 4. The van der Waals surface area contributed by atoms with Crippen LogP contribution in [-0.2, 0) is 15.7 Å². The van der Waals surface area contributed by atoms with Crippen molar-refractivity contribution in [1.29, 1.82) is 0 Å². The van der Waals surface area contributed by atoms with Crippen LogP contribution in [-0.4, -0.2) is 32.3 Å². The second kappa shape index (κ2) is 8.00. The number of methoxy groups -OCH3 is 1. The van der Waals surface area contributed by atoms with Gasteiger partial charge in [0.05, 0.1) is 24.5 Å². The number of halogens is 3. The van der Waals surface area contributed by atoms with Gasteiger partial charge >= 0.3 is 6.18 Å². The first-order valence-electron chi connectivity index (χ1n) is 6.69. The Kier molecular flexibility index (Phi) is 6.63. The minimum absolute atomic E-state index is 0.0457. The molecule has 1 aromatic rings. The van der Waals surface area contributed by atoms with Gasteiger partial charge in [0.1, 0.15) is 11.8 Å². The lowest BCUT2D eigenvalue weighted by Gasteiger charge is -2.17. The predicted molar refractivity (Wildman–Crippen MR) is 75.7 cm³/mol. The Morgan fingerprint density at radius 1 is 1.41 bits per heavy atom. The van der Waals surface area contributed by atoms with E-state index >= 15 is 0 Å². The Balaban J connectivity index is 3.03. The molecule has 0 bridgehead atoms. The lowest BCUT2D eigenvalue weighted by molar-refractivity contribution is -0.137. The monoisotopic (exact) mass is 320 g/mol. The van der Waals surface area contributed by atoms with Crippen molar-refractivity contribution in [2.24, 2.45) is 5.73 Å². The average Bonchev–Trinajstić information content (AvgIpc) is 2.45. The van der Waals surface area contributed by atoms with E-state index in [1.54, 1.807) is 0 Å². The fourth-order valence-corrected chi connectivity index (χ4v) is 1.62. The Hall–Kier alpha value is -1.80. The average molecular weight is 320 g/mol. The molecule has 0 aliphatic heterocycles. The molecule has 0 saturated carbocycles. The number of alkyl halides is 3. The van der Waals surface area contributed by atoms with Crippen LogP contribution < -0.4 is 15.8 Å². The summed E-state index contributed by atoms with van der Waals surface area (Å²) in [6.07, 6.45) is -3.84. The number of ether oxygens (including phenoxy) is 2. The third-order valence-corrected chi connectivity index (χ3v) is 2.71. The summed E-state index contributed by atoms with van der Waals surface area (Å²) in [4.78, 5) is 11.8. The van der Waals surface area contributed by atoms with E-state index in [2.05, 4.69) is 5.32 Å². The van der Waals surface area contributed by atoms with Crippen LogP contribution in [0.2, 0.25) is 0 Å². The van der Waals surface area contributed by atoms with Crippen molar-refractivity contribution < 1.29 is 27.4 Å². The highest BCUT2D eigenvalue weighted by molar-refractivity contribution is 5.96. The molecule has 0 spiro atoms. The van der Waals surface area contributed by atoms with Gasteiger partial charge in [-0.15, -0.1) is 0 Å². The molecule has 0 aliphatic carbocycles. The molecule has 3 N–H and O–H groups in total. The molecule has 1 rings (SSSR count). The molecule has 124 valence electrons. The summed E-state index contributed by atoms with van der Waals surface area (Å²) in [6, 6.07) is 1.91. The Labute approximate surface area is 126 Å². The summed E-state index contributed by atoms with van der Waals surface area (Å²) in [5.74, 6) is -0.490. The molecule has 0 radical (unpaired) electrons. The highest BCUT2D eigenvalue weighted by atomic mass is 19.4. The van der Waals surface area contributed by atoms with Crippen molar-refractivity contribution >= 4 is 11.6 Å². The second-order valence-electron chi connectivity index (χ2n) is 4.61. The second-order valence-corrected chi connectivity index (χ2v) is 4.61. The first-order valence-corrected chi connectivity index (χ1v) is 6.69. The summed E-state index contributed by atoms with van der Waals surface area (Å²) < 4.78 is 48.4. The minimum Gasteiger partial charge on any atom is -0.491 e. The van der Waals surface area contributed by atoms with Gasteiger partial charge in [0, 0.05) is 7.11 Å². The number of amides is 1. The summed E-state index contributed by atoms with van der Waals surface area (Å²) in [5.41, 5.74) is 4.60. The van der Waals surface area contributed by atoms with Crippen LogP contribution >= 0.6 is 0 Å². The van der Waals surface area contributed by atoms with Crippen molar-refractivity contribution in [3.8, 4) is 5.75 Å². The third kappa shape index (κ3) is 5.19. The summed E-state index contributed by atoms with van der Waals surface area (Å²) in [5, 5.41) is 2.35. The Bertz CT molecular complexity index is 507. The van der Waals surface area contributed by atoms with Crippen LogP contribution in [0.5, 0.6) is 5.75 Å². The molecular formula is C14H19F3N2O3. The molecule has 0 fully saturated rings. The predicted octanol–water partition coefficient (Wildman–Crippen LogP) is 2.41. The lowest BCUT2D eigenvalue weighted by Crippen LogP contribution is -2.39. The number of carbonyl (C=O) groups excluding carboxylic acids is 1. The number of nitrogens with one attached hydrogen (secondary N) is 1. The molecule has 0 heterocycles. The highest BCUT2D eigenvalue weighted by Gasteiger charge is 2.31. The zero-order valence-corrected chi connectivity index (χ0v) is 12.4. The molecule has 0 aliphatic rings. The fourth-order valence-electron chi connectivity index (χ4n) is 1.62. The van der Waals surface area contributed by atoms with E-state index in [0.29, 0.717) is 13.0 Å². The van der Waals surface area contributed by atoms with E-state index < -0.39 is 23.7 Å². The molecule has 1 atom stereocenters. The van der Waals surface area contributed by atoms with Gasteiger partial charge in [0.15, 0.2) is 0 Å². The van der Waals surface area contributed by atoms with E-state index in [0.717, 1.165) is 12.1 Å². The molecule has 5 nitrogen and oxygen atoms in total. The van der Waals surface area contributed by atoms with Gasteiger partial charge in [-0.3, -0.25) is 4.79 Å². The van der Waals surface area contributed by atoms with Gasteiger partial charge in [-0.05, 0) is 24.6 Å². The highest BCUT2D eigenvalue weighted by Crippen LogP contribution is 2.35. The van der Waals surface area contributed by atoms with Gasteiger partial charge in [0.2, 0.25) is 5.91 Å². The summed E-state index contributed by atoms with van der Waals surface area (Å²) in [7, 11) is 1.37. The van der Waals surface area contributed by atoms with E-state index in [1.807, 2.05) is 6.92 Å². The SMILES string of the molecule is CCCOc1ccc(C(F)(F)F)cc1NC(=O)C(N)COC. The Morgan fingerprint density at radius 2 is 2.09 bits per heavy atom. The number of carbonyl (C=O) groups is 1. The van der Waals surface area contributed by atoms with Crippen molar-refractivity contribution in [2.45, 2.75) is 25.6 Å². The van der Waals surface area contributed by atoms with Crippen LogP contribution in [0.25, 0.3) is 0 Å². The number of nitrogens with two attached hydrogens (primary N) is 1. The molecule has 8 heteroatoms. The number of benzene rings is 1. The maximum atomic E-state index is 12.8. The van der Waals surface area contributed by atoms with Crippen LogP contribution in [0, 0.1) is 0 Å². The zero-order valence-electron chi connectivity index (χ0n) is 12.4. The summed E-state index contributed by atoms with van der Waals surface area (Å²) >= 11 is 0. The first kappa shape index (κ1) is 18.2. The van der Waals surface area contributed by atoms with Crippen molar-refractivity contribution in [3.63, 3.8) is 0 Å². The standard InChI is InChI=1S/C14H19F3N2O3/c1-3-6-22-12-5-4-9(14(15,16)17)7-11(12)19-13(20)10(18)8-21-2/h4-5,7,10H,3,6,8,18H2,1-2H3,(H,19,20). The molecule has 22 heavy (non-hydrogen) atoms. The Morgan fingerprint density at radius 3 is 2.64 bits per heavy atom.